The second-order valence-electron chi connectivity index (χ2n) is 7.81. The van der Waals surface area contributed by atoms with E-state index in [1.165, 1.54) is 0 Å². The van der Waals surface area contributed by atoms with Gasteiger partial charge >= 0.3 is 5.97 Å². The van der Waals surface area contributed by atoms with Crippen LogP contribution in [-0.4, -0.2) is 42.0 Å². The highest BCUT2D eigenvalue weighted by atomic mass is 35.5. The molecule has 1 aromatic heterocycles. The van der Waals surface area contributed by atoms with E-state index in [1.54, 1.807) is 38.1 Å². The van der Waals surface area contributed by atoms with Gasteiger partial charge in [-0.3, -0.25) is 4.79 Å². The number of pyridine rings is 1. The van der Waals surface area contributed by atoms with Gasteiger partial charge in [0.05, 0.1) is 22.7 Å². The molecule has 0 spiro atoms. The number of nitrogens with one attached hydrogen (secondary N) is 2. The number of halogens is 3. The maximum absolute atomic E-state index is 13.3. The van der Waals surface area contributed by atoms with Crippen LogP contribution in [0.3, 0.4) is 0 Å². The van der Waals surface area contributed by atoms with E-state index in [0.29, 0.717) is 36.1 Å². The molecule has 6 nitrogen and oxygen atoms in total. The summed E-state index contributed by atoms with van der Waals surface area (Å²) in [6, 6.07) is 6.07. The van der Waals surface area contributed by atoms with E-state index in [4.69, 9.17) is 16.3 Å². The first-order valence-corrected chi connectivity index (χ1v) is 10.8. The Hall–Kier alpha value is -2.48. The molecule has 1 heterocycles. The lowest BCUT2D eigenvalue weighted by atomic mass is 9.87. The molecule has 31 heavy (non-hydrogen) atoms. The lowest BCUT2D eigenvalue weighted by molar-refractivity contribution is -0.143. The summed E-state index contributed by atoms with van der Waals surface area (Å²) in [6.07, 6.45) is 0.469. The molecule has 3 rings (SSSR count). The van der Waals surface area contributed by atoms with Crippen molar-refractivity contribution in [3.05, 3.63) is 34.9 Å². The van der Waals surface area contributed by atoms with E-state index < -0.39 is 12.0 Å². The number of benzene rings is 1. The zero-order chi connectivity index (χ0) is 22.6. The van der Waals surface area contributed by atoms with Crippen LogP contribution in [0.15, 0.2) is 24.3 Å². The van der Waals surface area contributed by atoms with Crippen LogP contribution in [0.1, 0.15) is 49.9 Å². The molecule has 1 aliphatic rings. The van der Waals surface area contributed by atoms with Crippen LogP contribution in [0.5, 0.6) is 0 Å². The van der Waals surface area contributed by atoms with Gasteiger partial charge in [0.1, 0.15) is 11.9 Å². The second kappa shape index (κ2) is 9.77. The van der Waals surface area contributed by atoms with Gasteiger partial charge < -0.3 is 15.4 Å². The van der Waals surface area contributed by atoms with Gasteiger partial charge in [-0.2, -0.15) is 0 Å². The summed E-state index contributed by atoms with van der Waals surface area (Å²) in [5, 5.41) is 6.65. The maximum atomic E-state index is 13.3. The van der Waals surface area contributed by atoms with E-state index in [1.807, 2.05) is 0 Å². The number of carbonyl (C=O) groups is 2. The standard InChI is InChI=1S/C22H26ClF2N3O3/c1-3-31-21(30)13(2)27-18-7-4-15-17(28-18)6-5-16(23)19(15)20(29)26-12-14-8-10-22(24,25)11-9-14/h4-7,13-14H,3,8-12H2,1-2H3,(H,26,29)(H,27,28). The lowest BCUT2D eigenvalue weighted by Gasteiger charge is -2.28. The zero-order valence-corrected chi connectivity index (χ0v) is 18.3. The van der Waals surface area contributed by atoms with Crippen LogP contribution in [0.2, 0.25) is 5.02 Å². The Morgan fingerprint density at radius 3 is 2.65 bits per heavy atom. The molecule has 1 aliphatic carbocycles. The van der Waals surface area contributed by atoms with Crippen LogP contribution in [0.25, 0.3) is 10.9 Å². The maximum Gasteiger partial charge on any atom is 0.328 e. The van der Waals surface area contributed by atoms with Gasteiger partial charge in [-0.25, -0.2) is 18.6 Å². The van der Waals surface area contributed by atoms with Gasteiger partial charge in [-0.1, -0.05) is 11.6 Å². The molecule has 2 N–H and O–H groups in total. The Balaban J connectivity index is 1.72. The Labute approximate surface area is 184 Å². The number of ether oxygens (including phenoxy) is 1. The van der Waals surface area contributed by atoms with Gasteiger partial charge in [0.2, 0.25) is 5.92 Å². The highest BCUT2D eigenvalue weighted by molar-refractivity contribution is 6.35. The Bertz CT molecular complexity index is 960. The third-order valence-corrected chi connectivity index (χ3v) is 5.75. The first-order valence-electron chi connectivity index (χ1n) is 10.4. The molecule has 1 fully saturated rings. The van der Waals surface area contributed by atoms with Crippen molar-refractivity contribution in [2.45, 2.75) is 51.5 Å². The highest BCUT2D eigenvalue weighted by Crippen LogP contribution is 2.36. The molecule has 1 amide bonds. The number of amides is 1. The number of rotatable bonds is 7. The average molecular weight is 454 g/mol. The molecule has 1 atom stereocenters. The number of hydrogen-bond donors (Lipinski definition) is 2. The number of hydrogen-bond acceptors (Lipinski definition) is 5. The molecule has 0 bridgehead atoms. The van der Waals surface area contributed by atoms with Crippen LogP contribution >= 0.6 is 11.6 Å². The number of anilines is 1. The zero-order valence-electron chi connectivity index (χ0n) is 17.5. The average Bonchev–Trinajstić information content (AvgIpc) is 2.73. The van der Waals surface area contributed by atoms with Gasteiger partial charge in [0.15, 0.2) is 0 Å². The largest absolute Gasteiger partial charge is 0.464 e. The minimum Gasteiger partial charge on any atom is -0.464 e. The first kappa shape index (κ1) is 23.2. The molecular weight excluding hydrogens is 428 g/mol. The summed E-state index contributed by atoms with van der Waals surface area (Å²) < 4.78 is 31.6. The monoisotopic (exact) mass is 453 g/mol. The fourth-order valence-electron chi connectivity index (χ4n) is 3.67. The number of fused-ring (bicyclic) bond motifs is 1. The number of esters is 1. The quantitative estimate of drug-likeness (QED) is 0.588. The molecule has 0 saturated heterocycles. The summed E-state index contributed by atoms with van der Waals surface area (Å²) in [5.41, 5.74) is 0.825. The van der Waals surface area contributed by atoms with Crippen LogP contribution in [0.4, 0.5) is 14.6 Å². The molecule has 9 heteroatoms. The second-order valence-corrected chi connectivity index (χ2v) is 8.22. The van der Waals surface area contributed by atoms with Crippen molar-refractivity contribution in [3.8, 4) is 0 Å². The fourth-order valence-corrected chi connectivity index (χ4v) is 3.92. The molecule has 0 aliphatic heterocycles. The van der Waals surface area contributed by atoms with Crippen molar-refractivity contribution in [2.75, 3.05) is 18.5 Å². The molecule has 1 unspecified atom stereocenters. The van der Waals surface area contributed by atoms with Gasteiger partial charge in [0, 0.05) is 24.8 Å². The molecule has 0 radical (unpaired) electrons. The number of alkyl halides is 2. The van der Waals surface area contributed by atoms with E-state index in [9.17, 15) is 18.4 Å². The predicted octanol–water partition coefficient (Wildman–Crippen LogP) is 4.81. The van der Waals surface area contributed by atoms with E-state index in [2.05, 4.69) is 15.6 Å². The van der Waals surface area contributed by atoms with E-state index in [-0.39, 0.29) is 47.8 Å². The summed E-state index contributed by atoms with van der Waals surface area (Å²) in [7, 11) is 0. The summed E-state index contributed by atoms with van der Waals surface area (Å²) in [5.74, 6) is -2.86. The number of carbonyl (C=O) groups excluding carboxylic acids is 2. The van der Waals surface area contributed by atoms with E-state index in [0.717, 1.165) is 0 Å². The molecule has 168 valence electrons. The van der Waals surface area contributed by atoms with Crippen LogP contribution in [-0.2, 0) is 9.53 Å². The Kier molecular flexibility index (Phi) is 7.30. The summed E-state index contributed by atoms with van der Waals surface area (Å²) in [6.45, 7) is 4.02. The highest BCUT2D eigenvalue weighted by Gasteiger charge is 2.35. The predicted molar refractivity (Wildman–Crippen MR) is 116 cm³/mol. The van der Waals surface area contributed by atoms with Crippen molar-refractivity contribution in [2.24, 2.45) is 5.92 Å². The molecule has 2 aromatic rings. The Morgan fingerprint density at radius 1 is 1.26 bits per heavy atom. The van der Waals surface area contributed by atoms with Crippen molar-refractivity contribution < 1.29 is 23.1 Å². The van der Waals surface area contributed by atoms with Crippen molar-refractivity contribution in [1.82, 2.24) is 10.3 Å². The van der Waals surface area contributed by atoms with Gasteiger partial charge in [-0.05, 0) is 56.9 Å². The van der Waals surface area contributed by atoms with Gasteiger partial charge in [-0.15, -0.1) is 0 Å². The third-order valence-electron chi connectivity index (χ3n) is 5.44. The van der Waals surface area contributed by atoms with Crippen LogP contribution < -0.4 is 10.6 Å². The SMILES string of the molecule is CCOC(=O)C(C)Nc1ccc2c(C(=O)NCC3CCC(F)(F)CC3)c(Cl)ccc2n1. The molecule has 1 saturated carbocycles. The van der Waals surface area contributed by atoms with Gasteiger partial charge in [0.25, 0.3) is 5.91 Å². The van der Waals surface area contributed by atoms with Crippen molar-refractivity contribution in [3.63, 3.8) is 0 Å². The molecule has 1 aromatic carbocycles. The number of aromatic nitrogens is 1. The third kappa shape index (κ3) is 5.81. The smallest absolute Gasteiger partial charge is 0.328 e. The lowest BCUT2D eigenvalue weighted by Crippen LogP contribution is -2.34. The summed E-state index contributed by atoms with van der Waals surface area (Å²) in [4.78, 5) is 29.1. The first-order chi connectivity index (χ1) is 14.7. The van der Waals surface area contributed by atoms with Crippen molar-refractivity contribution in [1.29, 1.82) is 0 Å². The Morgan fingerprint density at radius 2 is 1.97 bits per heavy atom. The fraction of sp³-hybridized carbons (Fsp3) is 0.500. The van der Waals surface area contributed by atoms with Crippen LogP contribution in [0, 0.1) is 5.92 Å². The van der Waals surface area contributed by atoms with Crippen molar-refractivity contribution >= 4 is 40.2 Å². The minimum absolute atomic E-state index is 0.0237. The normalized spacial score (nSPS) is 17.2. The summed E-state index contributed by atoms with van der Waals surface area (Å²) >= 11 is 6.29. The minimum atomic E-state index is -2.60. The topological polar surface area (TPSA) is 80.3 Å². The van der Waals surface area contributed by atoms with E-state index >= 15 is 0 Å². The number of nitrogens with zero attached hydrogens (tertiary/aromatic N) is 1. The molecular formula is C22H26ClF2N3O3.